The first-order chi connectivity index (χ1) is 30.2. The van der Waals surface area contributed by atoms with Gasteiger partial charge >= 0.3 is 0 Å². The van der Waals surface area contributed by atoms with Crippen molar-refractivity contribution in [2.45, 2.75) is 0 Å². The average molecular weight is 849 g/mol. The Balaban J connectivity index is 1.38. The fourth-order valence-corrected chi connectivity index (χ4v) is 8.87. The molecule has 4 N–H and O–H groups in total. The Morgan fingerprint density at radius 1 is 0.219 bits per heavy atom. The number of aromatic amines is 4. The minimum Gasteiger partial charge on any atom is -0.354 e. The SMILES string of the molecule is C[N+](C)(C)c1ccc(/C2=c3\cc/c([nH]3)=C(\c3ccc([N+](C)(C)C)cc3)c3ccc([nH]3)/C(c3ccc([N+](C)(C)C)cc3)=c3/cc/c([nH]3)=C(\c3ccc([N+](C)(C)C)cc3)c3ccc2[nH]3)cc1. The highest BCUT2D eigenvalue weighted by Crippen LogP contribution is 2.31. The summed E-state index contributed by atoms with van der Waals surface area (Å²) in [5.41, 5.74) is 18.0. The molecule has 4 aromatic heterocycles. The minimum atomic E-state index is 0.738. The maximum atomic E-state index is 3.96. The van der Waals surface area contributed by atoms with Gasteiger partial charge in [-0.05, 0) is 168 Å². The van der Waals surface area contributed by atoms with E-state index in [1.54, 1.807) is 0 Å². The number of benzene rings is 4. The molecule has 5 heterocycles. The highest BCUT2D eigenvalue weighted by molar-refractivity contribution is 5.85. The second-order valence-corrected chi connectivity index (χ2v) is 20.9. The van der Waals surface area contributed by atoms with Crippen LogP contribution in [-0.4, -0.2) is 105 Å². The number of fused-ring (bicyclic) bond motifs is 8. The molecule has 64 heavy (non-hydrogen) atoms. The Morgan fingerprint density at radius 3 is 0.578 bits per heavy atom. The van der Waals surface area contributed by atoms with Gasteiger partial charge < -0.3 is 19.9 Å². The number of nitrogens with zero attached hydrogens (tertiary/aromatic N) is 4. The first-order valence-electron chi connectivity index (χ1n) is 22.2. The molecule has 8 bridgehead atoms. The molecule has 0 atom stereocenters. The Bertz CT molecular complexity index is 2810. The molecule has 0 radical (unpaired) electrons. The van der Waals surface area contributed by atoms with Gasteiger partial charge in [0, 0.05) is 66.5 Å². The zero-order chi connectivity index (χ0) is 45.3. The van der Waals surface area contributed by atoms with E-state index in [2.05, 4.69) is 250 Å². The molecule has 324 valence electrons. The number of quaternary nitrogens is 4. The van der Waals surface area contributed by atoms with Crippen LogP contribution in [0.3, 0.4) is 0 Å². The molecular weight excluding hydrogens is 785 g/mol. The summed E-state index contributed by atoms with van der Waals surface area (Å²) in [6, 6.07) is 53.9. The van der Waals surface area contributed by atoms with Crippen LogP contribution in [0.15, 0.2) is 146 Å². The van der Waals surface area contributed by atoms with Crippen LogP contribution < -0.4 is 39.3 Å². The molecule has 0 unspecified atom stereocenters. The van der Waals surface area contributed by atoms with Gasteiger partial charge in [-0.15, -0.1) is 0 Å². The lowest BCUT2D eigenvalue weighted by atomic mass is 10.0. The summed E-state index contributed by atoms with van der Waals surface area (Å²) >= 11 is 0. The van der Waals surface area contributed by atoms with Crippen molar-refractivity contribution < 1.29 is 0 Å². The molecule has 8 aromatic rings. The van der Waals surface area contributed by atoms with Crippen LogP contribution in [0, 0.1) is 0 Å². The zero-order valence-corrected chi connectivity index (χ0v) is 39.6. The number of rotatable bonds is 8. The number of nitrogens with one attached hydrogen (secondary N) is 4. The van der Waals surface area contributed by atoms with Gasteiger partial charge in [0.15, 0.2) is 0 Å². The van der Waals surface area contributed by atoms with E-state index in [-0.39, 0.29) is 0 Å². The van der Waals surface area contributed by atoms with Gasteiger partial charge in [-0.25, -0.2) is 0 Å². The van der Waals surface area contributed by atoms with Crippen molar-refractivity contribution in [1.29, 1.82) is 0 Å². The Labute approximate surface area is 378 Å². The quantitative estimate of drug-likeness (QED) is 0.118. The van der Waals surface area contributed by atoms with E-state index in [0.29, 0.717) is 0 Å². The molecule has 1 aliphatic heterocycles. The van der Waals surface area contributed by atoms with Gasteiger partial charge in [0.25, 0.3) is 0 Å². The second kappa shape index (κ2) is 15.5. The maximum Gasteiger partial charge on any atom is 0.132 e. The maximum absolute atomic E-state index is 3.96. The third-order valence-corrected chi connectivity index (χ3v) is 12.6. The van der Waals surface area contributed by atoms with Crippen LogP contribution in [0.2, 0.25) is 0 Å². The fourth-order valence-electron chi connectivity index (χ4n) is 8.87. The van der Waals surface area contributed by atoms with E-state index >= 15 is 0 Å². The van der Waals surface area contributed by atoms with E-state index < -0.39 is 0 Å². The van der Waals surface area contributed by atoms with Crippen LogP contribution in [0.25, 0.3) is 22.3 Å². The molecule has 9 rings (SSSR count). The fraction of sp³-hybridized carbons (Fsp3) is 0.214. The Hall–Kier alpha value is -6.68. The van der Waals surface area contributed by atoms with Gasteiger partial charge in [0.05, 0.1) is 84.6 Å². The molecule has 0 saturated heterocycles. The zero-order valence-electron chi connectivity index (χ0n) is 39.6. The highest BCUT2D eigenvalue weighted by atomic mass is 15.3. The molecular formula is C56H64N8+4. The summed E-state index contributed by atoms with van der Waals surface area (Å²) in [5, 5.41) is 4.12. The summed E-state index contributed by atoms with van der Waals surface area (Å²) in [4.78, 5) is 15.8. The number of aromatic nitrogens is 4. The smallest absolute Gasteiger partial charge is 0.132 e. The molecule has 8 nitrogen and oxygen atoms in total. The van der Waals surface area contributed by atoms with E-state index in [1.165, 1.54) is 22.7 Å². The van der Waals surface area contributed by atoms with Crippen molar-refractivity contribution in [2.75, 3.05) is 84.6 Å². The first kappa shape index (κ1) is 42.6. The van der Waals surface area contributed by atoms with Crippen LogP contribution in [-0.2, 0) is 0 Å². The van der Waals surface area contributed by atoms with Crippen molar-refractivity contribution in [1.82, 2.24) is 37.9 Å². The predicted octanol–water partition coefficient (Wildman–Crippen LogP) is 7.09. The van der Waals surface area contributed by atoms with E-state index in [9.17, 15) is 0 Å². The van der Waals surface area contributed by atoms with Crippen LogP contribution in [0.4, 0.5) is 22.7 Å². The minimum absolute atomic E-state index is 0.738. The van der Waals surface area contributed by atoms with Gasteiger partial charge in [0.2, 0.25) is 0 Å². The standard InChI is InChI=1S/C56H64N8/c1-61(2,3)41-21-13-37(14-22-41)53-45-29-31-47(57-45)54(38-15-23-42(24-16-38)62(4,5)6)49-33-35-51(59-49)56(40-19-27-44(28-20-40)64(10,11)12)52-36-34-50(60-52)55(48-32-30-46(53)58-48)39-17-25-43(26-18-39)63(7,8)9/h13-36,57-60H,1-12H3/q+4/b53-45-,53-46?,54-47-,54-49?,55-48?,55-50-,56-51?,56-52-. The lowest BCUT2D eigenvalue weighted by molar-refractivity contribution is 0.486. The van der Waals surface area contributed by atoms with Gasteiger partial charge in [0.1, 0.15) is 22.7 Å². The summed E-state index contributed by atoms with van der Waals surface area (Å²) < 4.78 is 2.95. The van der Waals surface area contributed by atoms with Crippen molar-refractivity contribution in [3.8, 4) is 0 Å². The Morgan fingerprint density at radius 2 is 0.406 bits per heavy atom. The predicted molar refractivity (Wildman–Crippen MR) is 272 cm³/mol. The topological polar surface area (TPSA) is 63.2 Å². The molecule has 0 amide bonds. The van der Waals surface area contributed by atoms with Crippen molar-refractivity contribution in [3.63, 3.8) is 0 Å². The van der Waals surface area contributed by atoms with Gasteiger partial charge in [-0.2, -0.15) is 0 Å². The van der Waals surface area contributed by atoms with Gasteiger partial charge in [-0.1, -0.05) is 0 Å². The monoisotopic (exact) mass is 849 g/mol. The Kier molecular flexibility index (Phi) is 10.3. The van der Waals surface area contributed by atoms with Crippen molar-refractivity contribution in [2.24, 2.45) is 0 Å². The van der Waals surface area contributed by atoms with Crippen LogP contribution >= 0.6 is 0 Å². The molecule has 8 heteroatoms. The molecule has 0 saturated carbocycles. The highest BCUT2D eigenvalue weighted by Gasteiger charge is 2.22. The van der Waals surface area contributed by atoms with Crippen molar-refractivity contribution in [3.05, 3.63) is 212 Å². The number of hydrogen-bond donors (Lipinski definition) is 4. The third kappa shape index (κ3) is 8.17. The lowest BCUT2D eigenvalue weighted by Gasteiger charge is -2.23. The van der Waals surface area contributed by atoms with E-state index in [0.717, 1.165) is 107 Å². The first-order valence-corrected chi connectivity index (χ1v) is 22.2. The summed E-state index contributed by atoms with van der Waals surface area (Å²) in [6.45, 7) is 0. The average Bonchev–Trinajstić information content (AvgIpc) is 4.08. The molecule has 1 aliphatic rings. The number of H-pyrrole nitrogens is 4. The molecule has 0 spiro atoms. The summed E-state index contributed by atoms with van der Waals surface area (Å²) in [7, 11) is 26.5. The molecule has 4 aromatic carbocycles. The van der Waals surface area contributed by atoms with Crippen molar-refractivity contribution >= 4 is 45.0 Å². The summed E-state index contributed by atoms with van der Waals surface area (Å²) in [6.07, 6.45) is 0. The largest absolute Gasteiger partial charge is 0.354 e. The normalized spacial score (nSPS) is 17.2. The number of hydrogen-bond acceptors (Lipinski definition) is 0. The van der Waals surface area contributed by atoms with Gasteiger partial charge in [-0.3, -0.25) is 17.9 Å². The molecule has 0 aliphatic carbocycles. The molecule has 0 fully saturated rings. The summed E-state index contributed by atoms with van der Waals surface area (Å²) in [5.74, 6) is 0. The second-order valence-electron chi connectivity index (χ2n) is 20.9. The van der Waals surface area contributed by atoms with E-state index in [1.807, 2.05) is 0 Å². The third-order valence-electron chi connectivity index (χ3n) is 12.6. The van der Waals surface area contributed by atoms with E-state index in [4.69, 9.17) is 0 Å². The van der Waals surface area contributed by atoms with Crippen LogP contribution in [0.5, 0.6) is 0 Å². The lowest BCUT2D eigenvalue weighted by Crippen LogP contribution is -2.34. The van der Waals surface area contributed by atoms with Crippen LogP contribution in [0.1, 0.15) is 45.0 Å².